The van der Waals surface area contributed by atoms with Gasteiger partial charge in [0.25, 0.3) is 0 Å². The summed E-state index contributed by atoms with van der Waals surface area (Å²) in [5.41, 5.74) is 23.3. The zero-order valence-corrected chi connectivity index (χ0v) is 44.6. The van der Waals surface area contributed by atoms with Crippen LogP contribution < -0.4 is 65.5 Å². The predicted molar refractivity (Wildman–Crippen MR) is 286 cm³/mol. The number of benzene rings is 1. The number of thioether (sulfide) groups is 1. The second-order valence-corrected chi connectivity index (χ2v) is 19.8. The zero-order chi connectivity index (χ0) is 54.2. The number of hydrogen-bond acceptors (Lipinski definition) is 13. The van der Waals surface area contributed by atoms with Crippen molar-refractivity contribution in [3.05, 3.63) is 35.9 Å². The quantitative estimate of drug-likeness (QED) is 0.0318. The third-order valence-electron chi connectivity index (χ3n) is 12.0. The molecule has 21 nitrogen and oxygen atoms in total. The van der Waals surface area contributed by atoms with Gasteiger partial charge in [0.15, 0.2) is 0 Å². The number of carbonyl (C=O) groups excluding carboxylic acids is 9. The Bertz CT molecular complexity index is 1780. The lowest BCUT2D eigenvalue weighted by atomic mass is 10.0. The number of carbonyl (C=O) groups is 9. The van der Waals surface area contributed by atoms with Gasteiger partial charge in [0, 0.05) is 32.4 Å². The van der Waals surface area contributed by atoms with Crippen LogP contribution in [-0.2, 0) is 49.6 Å². The van der Waals surface area contributed by atoms with Gasteiger partial charge in [-0.05, 0) is 139 Å². The molecule has 0 fully saturated rings. The van der Waals surface area contributed by atoms with Crippen LogP contribution in [0.25, 0.3) is 0 Å². The Labute approximate surface area is 437 Å². The molecule has 0 unspecified atom stereocenters. The smallest absolute Gasteiger partial charge is 0.243 e. The molecule has 0 heterocycles. The Morgan fingerprint density at radius 1 is 0.521 bits per heavy atom. The fourth-order valence-electron chi connectivity index (χ4n) is 7.85. The standard InChI is InChI=1S/C51H90N12O9S/c1-36(2)33-42(62-48(69)39(58-35-64)26-32-73-3)51(72)63-43(34-37-19-7-4-8-20-37)47(68)57-31-18-5-9-24-44(65)56-30-17-6-10-25-45(66)59-40(22-12-15-28-53)49(70)61-41(23-13-16-29-54)50(71)60-38(46(55)67)21-11-14-27-52/h4,7-8,19-20,35-36,38-43H,5-6,9-18,21-34,52-54H2,1-3H3,(H2,55,67)(H,56,65)(H,57,68)(H,58,64)(H,59,66)(H,60,71)(H,61,70)(H,62,69)(H,63,72)/t38-,39-,40-,41-,42-,43-/m0/s1. The van der Waals surface area contributed by atoms with Crippen molar-refractivity contribution in [2.75, 3.05) is 44.7 Å². The van der Waals surface area contributed by atoms with Crippen molar-refractivity contribution in [2.24, 2.45) is 28.9 Å². The third kappa shape index (κ3) is 31.1. The molecule has 1 aromatic rings. The number of rotatable bonds is 44. The van der Waals surface area contributed by atoms with Gasteiger partial charge in [0.2, 0.25) is 53.7 Å². The lowest BCUT2D eigenvalue weighted by Gasteiger charge is -2.26. The first-order valence-corrected chi connectivity index (χ1v) is 27.7. The van der Waals surface area contributed by atoms with Crippen molar-refractivity contribution < 1.29 is 43.2 Å². The highest BCUT2D eigenvalue weighted by Gasteiger charge is 2.31. The van der Waals surface area contributed by atoms with Crippen molar-refractivity contribution >= 4 is 65.4 Å². The molecule has 0 bridgehead atoms. The first-order valence-electron chi connectivity index (χ1n) is 26.3. The molecule has 9 amide bonds. The van der Waals surface area contributed by atoms with Crippen LogP contribution in [0.3, 0.4) is 0 Å². The summed E-state index contributed by atoms with van der Waals surface area (Å²) in [6.45, 7) is 5.86. The molecule has 1 rings (SSSR count). The molecule has 0 radical (unpaired) electrons. The van der Waals surface area contributed by atoms with E-state index >= 15 is 0 Å². The van der Waals surface area contributed by atoms with E-state index in [1.165, 1.54) is 11.8 Å². The minimum absolute atomic E-state index is 0.0424. The van der Waals surface area contributed by atoms with Crippen LogP contribution in [0.5, 0.6) is 0 Å². The van der Waals surface area contributed by atoms with Crippen LogP contribution in [0, 0.1) is 5.92 Å². The van der Waals surface area contributed by atoms with E-state index in [0.29, 0.717) is 154 Å². The molecular weight excluding hydrogens is 957 g/mol. The Morgan fingerprint density at radius 2 is 1.00 bits per heavy atom. The summed E-state index contributed by atoms with van der Waals surface area (Å²) in [5.74, 6) is -2.84. The predicted octanol–water partition coefficient (Wildman–Crippen LogP) is 0.792. The molecule has 22 heteroatoms. The average molecular weight is 1050 g/mol. The summed E-state index contributed by atoms with van der Waals surface area (Å²) in [5, 5.41) is 22.3. The molecule has 0 spiro atoms. The Kier molecular flexibility index (Phi) is 37.0. The number of nitrogens with two attached hydrogens (primary N) is 4. The largest absolute Gasteiger partial charge is 0.368 e. The van der Waals surface area contributed by atoms with Crippen molar-refractivity contribution in [1.29, 1.82) is 0 Å². The molecule has 0 saturated heterocycles. The monoisotopic (exact) mass is 1050 g/mol. The maximum absolute atomic E-state index is 13.7. The fraction of sp³-hybridized carbons (Fsp3) is 0.706. The number of primary amides is 1. The molecule has 0 aliphatic carbocycles. The lowest BCUT2D eigenvalue weighted by molar-refractivity contribution is -0.133. The molecule has 16 N–H and O–H groups in total. The maximum Gasteiger partial charge on any atom is 0.243 e. The summed E-state index contributed by atoms with van der Waals surface area (Å²) in [6.07, 6.45) is 12.0. The molecule has 0 aliphatic rings. The number of amides is 9. The average Bonchev–Trinajstić information content (AvgIpc) is 3.35. The van der Waals surface area contributed by atoms with Gasteiger partial charge in [-0.1, -0.05) is 57.0 Å². The summed E-state index contributed by atoms with van der Waals surface area (Å²) in [6, 6.07) is 3.85. The molecule has 73 heavy (non-hydrogen) atoms. The van der Waals surface area contributed by atoms with E-state index in [1.807, 2.05) is 50.4 Å². The highest BCUT2D eigenvalue weighted by atomic mass is 32.2. The molecule has 1 aromatic carbocycles. The first kappa shape index (κ1) is 65.7. The number of nitrogens with one attached hydrogen (secondary N) is 8. The van der Waals surface area contributed by atoms with Gasteiger partial charge in [0.1, 0.15) is 36.3 Å². The molecule has 0 aliphatic heterocycles. The number of hydrogen-bond donors (Lipinski definition) is 12. The van der Waals surface area contributed by atoms with Gasteiger partial charge in [-0.25, -0.2) is 0 Å². The topological polar surface area (TPSA) is 354 Å². The van der Waals surface area contributed by atoms with E-state index in [2.05, 4.69) is 42.5 Å². The molecular formula is C51H90N12O9S. The van der Waals surface area contributed by atoms with Crippen molar-refractivity contribution in [3.63, 3.8) is 0 Å². The van der Waals surface area contributed by atoms with Crippen molar-refractivity contribution in [1.82, 2.24) is 42.5 Å². The lowest BCUT2D eigenvalue weighted by Crippen LogP contribution is -2.57. The van der Waals surface area contributed by atoms with E-state index < -0.39 is 65.8 Å². The van der Waals surface area contributed by atoms with Gasteiger partial charge < -0.3 is 65.5 Å². The molecule has 0 saturated carbocycles. The van der Waals surface area contributed by atoms with E-state index in [0.717, 1.165) is 5.56 Å². The number of unbranched alkanes of at least 4 members (excludes halogenated alkanes) is 7. The SMILES string of the molecule is CSCC[C@H](NC=O)C(=O)N[C@@H](CC(C)C)C(=O)N[C@@H](Cc1ccccc1)C(=O)NCCCCCC(=O)NCCCCCC(=O)N[C@@H](CCCCN)C(=O)N[C@@H](CCCCN)C(=O)N[C@@H](CCCCN)C(N)=O. The van der Waals surface area contributed by atoms with Crippen LogP contribution >= 0.6 is 11.8 Å². The van der Waals surface area contributed by atoms with Gasteiger partial charge in [-0.15, -0.1) is 0 Å². The second kappa shape index (κ2) is 41.1. The summed E-state index contributed by atoms with van der Waals surface area (Å²) >= 11 is 1.53. The van der Waals surface area contributed by atoms with Crippen LogP contribution in [-0.4, -0.2) is 135 Å². The van der Waals surface area contributed by atoms with E-state index in [1.54, 1.807) is 0 Å². The van der Waals surface area contributed by atoms with Gasteiger partial charge >= 0.3 is 0 Å². The highest BCUT2D eigenvalue weighted by Crippen LogP contribution is 2.12. The molecule has 6 atom stereocenters. The fourth-order valence-corrected chi connectivity index (χ4v) is 8.32. The van der Waals surface area contributed by atoms with Crippen LogP contribution in [0.15, 0.2) is 30.3 Å². The minimum Gasteiger partial charge on any atom is -0.368 e. The Morgan fingerprint density at radius 3 is 1.53 bits per heavy atom. The minimum atomic E-state index is -0.972. The Hall–Kier alpha value is -5.32. The molecule has 414 valence electrons. The highest BCUT2D eigenvalue weighted by molar-refractivity contribution is 7.98. The third-order valence-corrected chi connectivity index (χ3v) is 12.7. The van der Waals surface area contributed by atoms with Crippen LogP contribution in [0.1, 0.15) is 141 Å². The summed E-state index contributed by atoms with van der Waals surface area (Å²) < 4.78 is 0. The van der Waals surface area contributed by atoms with Gasteiger partial charge in [0.05, 0.1) is 0 Å². The van der Waals surface area contributed by atoms with Crippen molar-refractivity contribution in [2.45, 2.75) is 179 Å². The van der Waals surface area contributed by atoms with Crippen LogP contribution in [0.2, 0.25) is 0 Å². The second-order valence-electron chi connectivity index (χ2n) is 18.8. The van der Waals surface area contributed by atoms with Crippen molar-refractivity contribution in [3.8, 4) is 0 Å². The normalized spacial score (nSPS) is 13.5. The van der Waals surface area contributed by atoms with Gasteiger partial charge in [-0.2, -0.15) is 11.8 Å². The van der Waals surface area contributed by atoms with Gasteiger partial charge in [-0.3, -0.25) is 43.2 Å². The van der Waals surface area contributed by atoms with E-state index in [4.69, 9.17) is 22.9 Å². The maximum atomic E-state index is 13.7. The summed E-state index contributed by atoms with van der Waals surface area (Å²) in [7, 11) is 0. The zero-order valence-electron chi connectivity index (χ0n) is 43.8. The Balaban J connectivity index is 2.63. The molecule has 0 aromatic heterocycles. The van der Waals surface area contributed by atoms with Crippen LogP contribution in [0.4, 0.5) is 0 Å². The van der Waals surface area contributed by atoms with E-state index in [-0.39, 0.29) is 42.9 Å². The summed E-state index contributed by atoms with van der Waals surface area (Å²) in [4.78, 5) is 116. The van der Waals surface area contributed by atoms with E-state index in [9.17, 15) is 43.2 Å². The first-order chi connectivity index (χ1) is 35.1.